The van der Waals surface area contributed by atoms with Crippen LogP contribution in [0.3, 0.4) is 0 Å². The third kappa shape index (κ3) is 5.90. The molecule has 12 aromatic rings. The summed E-state index contributed by atoms with van der Waals surface area (Å²) in [5, 5.41) is 7.25. The molecule has 0 aliphatic rings. The Kier molecular flexibility index (Phi) is 8.17. The highest BCUT2D eigenvalue weighted by atomic mass is 16.3. The van der Waals surface area contributed by atoms with Crippen LogP contribution in [0, 0.1) is 0 Å². The number of nitrogens with zero attached hydrogens (tertiary/aromatic N) is 2. The maximum atomic E-state index is 6.43. The zero-order chi connectivity index (χ0) is 40.3. The highest BCUT2D eigenvalue weighted by Crippen LogP contribution is 2.41. The summed E-state index contributed by atoms with van der Waals surface area (Å²) >= 11 is 0. The molecule has 0 bridgehead atoms. The van der Waals surface area contributed by atoms with Crippen molar-refractivity contribution in [3.05, 3.63) is 231 Å². The van der Waals surface area contributed by atoms with Gasteiger partial charge >= 0.3 is 0 Å². The van der Waals surface area contributed by atoms with Crippen molar-refractivity contribution < 1.29 is 4.42 Å². The van der Waals surface area contributed by atoms with Gasteiger partial charge in [-0.25, -0.2) is 0 Å². The van der Waals surface area contributed by atoms with Crippen molar-refractivity contribution in [1.29, 1.82) is 0 Å². The molecule has 0 aliphatic carbocycles. The zero-order valence-corrected chi connectivity index (χ0v) is 33.2. The minimum Gasteiger partial charge on any atom is -0.455 e. The normalized spacial score (nSPS) is 11.6. The summed E-state index contributed by atoms with van der Waals surface area (Å²) in [4.78, 5) is 2.35. The van der Waals surface area contributed by atoms with Gasteiger partial charge in [0.1, 0.15) is 11.2 Å². The number of anilines is 3. The topological polar surface area (TPSA) is 21.3 Å². The van der Waals surface area contributed by atoms with Gasteiger partial charge < -0.3 is 13.9 Å². The van der Waals surface area contributed by atoms with E-state index in [4.69, 9.17) is 4.42 Å². The van der Waals surface area contributed by atoms with Gasteiger partial charge in [0.25, 0.3) is 0 Å². The first-order valence-corrected chi connectivity index (χ1v) is 20.8. The zero-order valence-electron chi connectivity index (χ0n) is 33.2. The van der Waals surface area contributed by atoms with Gasteiger partial charge in [0, 0.05) is 49.9 Å². The van der Waals surface area contributed by atoms with E-state index in [0.717, 1.165) is 55.8 Å². The molecule has 286 valence electrons. The molecule has 3 nitrogen and oxygen atoms in total. The Morgan fingerprint density at radius 3 is 1.61 bits per heavy atom. The second-order valence-electron chi connectivity index (χ2n) is 15.7. The van der Waals surface area contributed by atoms with Crippen molar-refractivity contribution >= 4 is 71.6 Å². The third-order valence-corrected chi connectivity index (χ3v) is 12.2. The Balaban J connectivity index is 0.942. The summed E-state index contributed by atoms with van der Waals surface area (Å²) in [7, 11) is 0. The molecule has 3 heteroatoms. The van der Waals surface area contributed by atoms with Gasteiger partial charge in [-0.05, 0) is 111 Å². The van der Waals surface area contributed by atoms with E-state index < -0.39 is 0 Å². The van der Waals surface area contributed by atoms with Crippen LogP contribution in [0.2, 0.25) is 0 Å². The Morgan fingerprint density at radius 1 is 0.328 bits per heavy atom. The Hall–Kier alpha value is -8.14. The predicted molar refractivity (Wildman–Crippen MR) is 257 cm³/mol. The van der Waals surface area contributed by atoms with E-state index in [2.05, 4.69) is 228 Å². The van der Waals surface area contributed by atoms with Crippen molar-refractivity contribution in [1.82, 2.24) is 4.57 Å². The average Bonchev–Trinajstić information content (AvgIpc) is 3.88. The van der Waals surface area contributed by atoms with Gasteiger partial charge in [0.05, 0.1) is 11.0 Å². The molecule has 2 heterocycles. The summed E-state index contributed by atoms with van der Waals surface area (Å²) in [6, 6.07) is 82.9. The molecule has 0 spiro atoms. The number of fused-ring (bicyclic) bond motifs is 7. The third-order valence-electron chi connectivity index (χ3n) is 12.2. The first-order chi connectivity index (χ1) is 30.2. The standard InChI is InChI=1S/C58H38N2O/c1-2-14-44(15-3-1)60-55-22-8-6-17-51(55)54-38-43(30-37-56(54)60)39-24-31-45(32-25-39)59(46-33-26-41(27-34-46)49-19-10-13-40-12-4-5-16-48(40)49)47-35-28-42(29-36-47)50-20-11-21-53-52-18-7-9-23-57(52)61-58(50)53/h1-38H. The van der Waals surface area contributed by atoms with Gasteiger partial charge in [-0.3, -0.25) is 0 Å². The van der Waals surface area contributed by atoms with Crippen LogP contribution < -0.4 is 4.90 Å². The highest BCUT2D eigenvalue weighted by Gasteiger charge is 2.18. The smallest absolute Gasteiger partial charge is 0.143 e. The number of para-hydroxylation sites is 4. The second kappa shape index (κ2) is 14.3. The van der Waals surface area contributed by atoms with Crippen LogP contribution in [0.4, 0.5) is 17.1 Å². The number of hydrogen-bond acceptors (Lipinski definition) is 2. The van der Waals surface area contributed by atoms with E-state index in [1.165, 1.54) is 54.8 Å². The first kappa shape index (κ1) is 34.9. The fourth-order valence-corrected chi connectivity index (χ4v) is 9.29. The molecule has 2 aromatic heterocycles. The summed E-state index contributed by atoms with van der Waals surface area (Å²) in [5.41, 5.74) is 15.6. The highest BCUT2D eigenvalue weighted by molar-refractivity contribution is 6.11. The fraction of sp³-hybridized carbons (Fsp3) is 0. The number of rotatable bonds is 7. The summed E-state index contributed by atoms with van der Waals surface area (Å²) in [5.74, 6) is 0. The van der Waals surface area contributed by atoms with E-state index in [1.54, 1.807) is 0 Å². The minimum atomic E-state index is 0.905. The molecule has 0 saturated heterocycles. The SMILES string of the molecule is c1ccc(-n2c3ccccc3c3cc(-c4ccc(N(c5ccc(-c6cccc7ccccc67)cc5)c5ccc(-c6cccc7c6oc6ccccc67)cc5)cc4)ccc32)cc1. The van der Waals surface area contributed by atoms with Gasteiger partial charge in [0.15, 0.2) is 0 Å². The van der Waals surface area contributed by atoms with Crippen LogP contribution in [-0.2, 0) is 0 Å². The molecule has 12 rings (SSSR count). The van der Waals surface area contributed by atoms with Crippen molar-refractivity contribution in [2.45, 2.75) is 0 Å². The Labute approximate surface area is 353 Å². The van der Waals surface area contributed by atoms with Gasteiger partial charge in [0.2, 0.25) is 0 Å². The van der Waals surface area contributed by atoms with Crippen molar-refractivity contribution in [3.8, 4) is 39.1 Å². The Bertz CT molecular complexity index is 3560. The summed E-state index contributed by atoms with van der Waals surface area (Å²) in [6.45, 7) is 0. The molecule has 0 aliphatic heterocycles. The van der Waals surface area contributed by atoms with Crippen LogP contribution >= 0.6 is 0 Å². The maximum absolute atomic E-state index is 6.43. The molecule has 0 atom stereocenters. The van der Waals surface area contributed by atoms with E-state index in [1.807, 2.05) is 12.1 Å². The molecule has 0 amide bonds. The largest absolute Gasteiger partial charge is 0.455 e. The lowest BCUT2D eigenvalue weighted by molar-refractivity contribution is 0.670. The molecule has 61 heavy (non-hydrogen) atoms. The van der Waals surface area contributed by atoms with Crippen LogP contribution in [0.5, 0.6) is 0 Å². The van der Waals surface area contributed by atoms with E-state index in [9.17, 15) is 0 Å². The second-order valence-corrected chi connectivity index (χ2v) is 15.7. The van der Waals surface area contributed by atoms with Crippen LogP contribution in [0.1, 0.15) is 0 Å². The quantitative estimate of drug-likeness (QED) is 0.161. The van der Waals surface area contributed by atoms with Crippen LogP contribution in [0.25, 0.3) is 93.6 Å². The van der Waals surface area contributed by atoms with Gasteiger partial charge in [-0.15, -0.1) is 0 Å². The van der Waals surface area contributed by atoms with Crippen molar-refractivity contribution in [3.63, 3.8) is 0 Å². The Morgan fingerprint density at radius 2 is 0.852 bits per heavy atom. The average molecular weight is 779 g/mol. The lowest BCUT2D eigenvalue weighted by Crippen LogP contribution is -2.09. The van der Waals surface area contributed by atoms with Crippen LogP contribution in [0.15, 0.2) is 235 Å². The first-order valence-electron chi connectivity index (χ1n) is 20.8. The van der Waals surface area contributed by atoms with Crippen LogP contribution in [-0.4, -0.2) is 4.57 Å². The lowest BCUT2D eigenvalue weighted by atomic mass is 9.98. The summed E-state index contributed by atoms with van der Waals surface area (Å²) in [6.07, 6.45) is 0. The van der Waals surface area contributed by atoms with E-state index in [-0.39, 0.29) is 0 Å². The minimum absolute atomic E-state index is 0.905. The van der Waals surface area contributed by atoms with Crippen molar-refractivity contribution in [2.24, 2.45) is 0 Å². The molecule has 0 unspecified atom stereocenters. The molecule has 0 N–H and O–H groups in total. The lowest BCUT2D eigenvalue weighted by Gasteiger charge is -2.26. The van der Waals surface area contributed by atoms with E-state index in [0.29, 0.717) is 0 Å². The molecule has 0 saturated carbocycles. The number of benzene rings is 10. The van der Waals surface area contributed by atoms with Gasteiger partial charge in [-0.2, -0.15) is 0 Å². The van der Waals surface area contributed by atoms with Crippen molar-refractivity contribution in [2.75, 3.05) is 4.90 Å². The molecular formula is C58H38N2O. The number of hydrogen-bond donors (Lipinski definition) is 0. The number of furan rings is 1. The molecule has 0 radical (unpaired) electrons. The monoisotopic (exact) mass is 778 g/mol. The van der Waals surface area contributed by atoms with Gasteiger partial charge in [-0.1, -0.05) is 158 Å². The molecule has 10 aromatic carbocycles. The maximum Gasteiger partial charge on any atom is 0.143 e. The summed E-state index contributed by atoms with van der Waals surface area (Å²) < 4.78 is 8.80. The molecular weight excluding hydrogens is 741 g/mol. The molecule has 0 fully saturated rings. The predicted octanol–water partition coefficient (Wildman–Crippen LogP) is 16.3. The van der Waals surface area contributed by atoms with E-state index >= 15 is 0 Å². The number of aromatic nitrogens is 1. The fourth-order valence-electron chi connectivity index (χ4n) is 9.29.